The Hall–Kier alpha value is -1.30. The molecule has 106 valence electrons. The molecule has 0 aromatic heterocycles. The van der Waals surface area contributed by atoms with Crippen LogP contribution in [0.25, 0.3) is 0 Å². The maximum Gasteiger partial charge on any atom is 0.233 e. The Balaban J connectivity index is 4.59. The fraction of sp³-hybridized carbons (Fsp3) is 0.833. The number of carbonyl (C=O) groups is 1. The van der Waals surface area contributed by atoms with Crippen LogP contribution in [0.2, 0.25) is 0 Å². The van der Waals surface area contributed by atoms with Crippen molar-refractivity contribution in [2.75, 3.05) is 26.3 Å². The summed E-state index contributed by atoms with van der Waals surface area (Å²) in [5, 5.41) is 11.7. The maximum absolute atomic E-state index is 12.3. The van der Waals surface area contributed by atoms with Gasteiger partial charge in [0, 0.05) is 19.7 Å². The second kappa shape index (κ2) is 9.70. The second-order valence-electron chi connectivity index (χ2n) is 3.98. The molecule has 0 aliphatic carbocycles. The molecule has 0 saturated heterocycles. The molecule has 0 saturated carbocycles. The minimum atomic E-state index is -0.540. The Bertz CT molecular complexity index is 269. The highest BCUT2D eigenvalue weighted by molar-refractivity contribution is 6.02. The van der Waals surface area contributed by atoms with Gasteiger partial charge in [-0.3, -0.25) is 4.79 Å². The second-order valence-corrected chi connectivity index (χ2v) is 3.98. The average Bonchev–Trinajstić information content (AvgIpc) is 2.39. The topological polar surface area (TPSA) is 88.2 Å². The summed E-state index contributed by atoms with van der Waals surface area (Å²) in [6.07, 6.45) is 1.38. The summed E-state index contributed by atoms with van der Waals surface area (Å²) in [5.74, 6) is -0.660. The van der Waals surface area contributed by atoms with Crippen molar-refractivity contribution in [3.05, 3.63) is 0 Å². The molecule has 0 rings (SSSR count). The van der Waals surface area contributed by atoms with E-state index in [0.29, 0.717) is 32.7 Å². The molecular formula is C12H25N3O3. The summed E-state index contributed by atoms with van der Waals surface area (Å²) in [4.78, 5) is 13.9. The van der Waals surface area contributed by atoms with Crippen LogP contribution in [0, 0.1) is 5.92 Å². The van der Waals surface area contributed by atoms with E-state index >= 15 is 0 Å². The molecule has 0 aliphatic rings. The van der Waals surface area contributed by atoms with Crippen molar-refractivity contribution in [2.45, 2.75) is 33.6 Å². The van der Waals surface area contributed by atoms with E-state index in [0.717, 1.165) is 6.42 Å². The Morgan fingerprint density at radius 1 is 1.44 bits per heavy atom. The van der Waals surface area contributed by atoms with Gasteiger partial charge in [-0.1, -0.05) is 18.5 Å². The first kappa shape index (κ1) is 16.7. The van der Waals surface area contributed by atoms with Gasteiger partial charge in [-0.25, -0.2) is 0 Å². The van der Waals surface area contributed by atoms with E-state index in [1.165, 1.54) is 0 Å². The lowest BCUT2D eigenvalue weighted by Crippen LogP contribution is -2.43. The average molecular weight is 259 g/mol. The van der Waals surface area contributed by atoms with Crippen LogP contribution in [0.15, 0.2) is 5.16 Å². The van der Waals surface area contributed by atoms with Crippen LogP contribution in [0.1, 0.15) is 33.6 Å². The molecule has 0 aromatic rings. The van der Waals surface area contributed by atoms with E-state index in [-0.39, 0.29) is 11.7 Å². The van der Waals surface area contributed by atoms with Crippen LogP contribution in [0.4, 0.5) is 0 Å². The molecular weight excluding hydrogens is 234 g/mol. The van der Waals surface area contributed by atoms with Crippen molar-refractivity contribution in [3.8, 4) is 0 Å². The van der Waals surface area contributed by atoms with Crippen molar-refractivity contribution in [1.29, 1.82) is 0 Å². The van der Waals surface area contributed by atoms with Crippen molar-refractivity contribution in [1.82, 2.24) is 4.90 Å². The summed E-state index contributed by atoms with van der Waals surface area (Å²) in [6.45, 7) is 8.03. The van der Waals surface area contributed by atoms with Crippen LogP contribution in [-0.4, -0.2) is 48.2 Å². The number of hydrogen-bond donors (Lipinski definition) is 2. The minimum absolute atomic E-state index is 0.0169. The molecule has 0 aliphatic heterocycles. The maximum atomic E-state index is 12.3. The Morgan fingerprint density at radius 3 is 2.56 bits per heavy atom. The number of rotatable bonds is 9. The zero-order valence-corrected chi connectivity index (χ0v) is 11.6. The first-order chi connectivity index (χ1) is 8.62. The molecule has 1 amide bonds. The number of hydrogen-bond acceptors (Lipinski definition) is 4. The van der Waals surface area contributed by atoms with Crippen molar-refractivity contribution in [3.63, 3.8) is 0 Å². The number of amidine groups is 1. The van der Waals surface area contributed by atoms with E-state index in [2.05, 4.69) is 5.16 Å². The van der Waals surface area contributed by atoms with Gasteiger partial charge in [0.05, 0.1) is 12.5 Å². The number of amides is 1. The van der Waals surface area contributed by atoms with Crippen molar-refractivity contribution < 1.29 is 14.7 Å². The molecule has 0 fully saturated rings. The monoisotopic (exact) mass is 259 g/mol. The summed E-state index contributed by atoms with van der Waals surface area (Å²) in [6, 6.07) is 0. The quantitative estimate of drug-likeness (QED) is 0.213. The summed E-state index contributed by atoms with van der Waals surface area (Å²) >= 11 is 0. The van der Waals surface area contributed by atoms with Gasteiger partial charge in [-0.15, -0.1) is 0 Å². The van der Waals surface area contributed by atoms with E-state index in [9.17, 15) is 4.79 Å². The van der Waals surface area contributed by atoms with Crippen LogP contribution in [-0.2, 0) is 9.53 Å². The summed E-state index contributed by atoms with van der Waals surface area (Å²) < 4.78 is 5.24. The van der Waals surface area contributed by atoms with Gasteiger partial charge in [0.2, 0.25) is 5.91 Å². The van der Waals surface area contributed by atoms with Crippen LogP contribution in [0.5, 0.6) is 0 Å². The van der Waals surface area contributed by atoms with E-state index < -0.39 is 5.92 Å². The molecule has 6 nitrogen and oxygen atoms in total. The Morgan fingerprint density at radius 2 is 2.11 bits per heavy atom. The van der Waals surface area contributed by atoms with Gasteiger partial charge in [0.1, 0.15) is 0 Å². The van der Waals surface area contributed by atoms with Crippen LogP contribution in [0.3, 0.4) is 0 Å². The summed E-state index contributed by atoms with van der Waals surface area (Å²) in [7, 11) is 0. The van der Waals surface area contributed by atoms with Crippen molar-refractivity contribution >= 4 is 11.7 Å². The van der Waals surface area contributed by atoms with Gasteiger partial charge in [0.25, 0.3) is 0 Å². The third-order valence-electron chi connectivity index (χ3n) is 2.75. The third kappa shape index (κ3) is 5.35. The molecule has 3 N–H and O–H groups in total. The zero-order chi connectivity index (χ0) is 14.0. The smallest absolute Gasteiger partial charge is 0.233 e. The number of oxime groups is 1. The highest BCUT2D eigenvalue weighted by Crippen LogP contribution is 2.11. The molecule has 0 spiro atoms. The molecule has 18 heavy (non-hydrogen) atoms. The predicted molar refractivity (Wildman–Crippen MR) is 70.6 cm³/mol. The lowest BCUT2D eigenvalue weighted by Gasteiger charge is -2.25. The third-order valence-corrected chi connectivity index (χ3v) is 2.75. The molecule has 0 heterocycles. The van der Waals surface area contributed by atoms with Crippen LogP contribution >= 0.6 is 0 Å². The largest absolute Gasteiger partial charge is 0.409 e. The zero-order valence-electron chi connectivity index (χ0n) is 11.6. The lowest BCUT2D eigenvalue weighted by atomic mass is 10.0. The van der Waals surface area contributed by atoms with Gasteiger partial charge < -0.3 is 20.6 Å². The highest BCUT2D eigenvalue weighted by atomic mass is 16.5. The van der Waals surface area contributed by atoms with Crippen molar-refractivity contribution in [2.24, 2.45) is 16.8 Å². The van der Waals surface area contributed by atoms with Gasteiger partial charge in [-0.05, 0) is 20.3 Å². The number of ether oxygens (including phenoxy) is 1. The summed E-state index contributed by atoms with van der Waals surface area (Å²) in [5.41, 5.74) is 5.57. The molecule has 1 unspecified atom stereocenters. The number of carbonyl (C=O) groups excluding carboxylic acids is 1. The number of likely N-dealkylation sites (N-methyl/N-ethyl adjacent to an activating group) is 1. The minimum Gasteiger partial charge on any atom is -0.409 e. The molecule has 0 bridgehead atoms. The lowest BCUT2D eigenvalue weighted by molar-refractivity contribution is -0.134. The number of nitrogens with two attached hydrogens (primary N) is 1. The fourth-order valence-corrected chi connectivity index (χ4v) is 1.72. The van der Waals surface area contributed by atoms with E-state index in [1.54, 1.807) is 4.90 Å². The van der Waals surface area contributed by atoms with Gasteiger partial charge >= 0.3 is 0 Å². The Kier molecular flexibility index (Phi) is 9.00. The van der Waals surface area contributed by atoms with E-state index in [4.69, 9.17) is 15.7 Å². The SMILES string of the molecule is CCCC(C(=O)N(CC)CCOCC)C(N)=NO. The molecule has 1 atom stereocenters. The van der Waals surface area contributed by atoms with Crippen LogP contribution < -0.4 is 5.73 Å². The standard InChI is InChI=1S/C12H25N3O3/c1-4-7-10(11(13)14-17)12(16)15(5-2)8-9-18-6-3/h10,17H,4-9H2,1-3H3,(H2,13,14). The molecule has 0 radical (unpaired) electrons. The van der Waals surface area contributed by atoms with E-state index in [1.807, 2.05) is 20.8 Å². The normalized spacial score (nSPS) is 13.4. The number of nitrogens with zero attached hydrogens (tertiary/aromatic N) is 2. The molecule has 0 aromatic carbocycles. The fourth-order valence-electron chi connectivity index (χ4n) is 1.72. The first-order valence-electron chi connectivity index (χ1n) is 6.46. The highest BCUT2D eigenvalue weighted by Gasteiger charge is 2.26. The predicted octanol–water partition coefficient (Wildman–Crippen LogP) is 1.03. The Labute approximate surface area is 109 Å². The molecule has 6 heteroatoms. The van der Waals surface area contributed by atoms with Gasteiger partial charge in [-0.2, -0.15) is 0 Å². The van der Waals surface area contributed by atoms with Gasteiger partial charge in [0.15, 0.2) is 5.84 Å². The first-order valence-corrected chi connectivity index (χ1v) is 6.46.